The minimum absolute atomic E-state index is 0.0536. The second-order valence-corrected chi connectivity index (χ2v) is 5.91. The van der Waals surface area contributed by atoms with Crippen LogP contribution in [-0.2, 0) is 10.0 Å². The van der Waals surface area contributed by atoms with Gasteiger partial charge in [-0.15, -0.1) is 0 Å². The molecule has 0 radical (unpaired) electrons. The van der Waals surface area contributed by atoms with Gasteiger partial charge in [-0.2, -0.15) is 4.31 Å². The molecule has 0 aliphatic carbocycles. The van der Waals surface area contributed by atoms with Gasteiger partial charge in [-0.25, -0.2) is 13.4 Å². The molecule has 0 bridgehead atoms. The molecule has 0 fully saturated rings. The van der Waals surface area contributed by atoms with Gasteiger partial charge in [0, 0.05) is 18.8 Å². The summed E-state index contributed by atoms with van der Waals surface area (Å²) in [5.41, 5.74) is 5.86. The van der Waals surface area contributed by atoms with Gasteiger partial charge in [0.25, 0.3) is 10.0 Å². The van der Waals surface area contributed by atoms with Crippen LogP contribution in [0, 0.1) is 0 Å². The summed E-state index contributed by atoms with van der Waals surface area (Å²) in [6.45, 7) is 6.08. The molecule has 1 heterocycles. The minimum Gasteiger partial charge on any atom is -0.396 e. The largest absolute Gasteiger partial charge is 0.396 e. The maximum Gasteiger partial charge on any atom is 0.262 e. The third kappa shape index (κ3) is 2.95. The molecular weight excluding hydrogens is 238 g/mol. The van der Waals surface area contributed by atoms with E-state index in [1.54, 1.807) is 12.1 Å². The Morgan fingerprint density at radius 1 is 1.47 bits per heavy atom. The number of nitrogen functional groups attached to an aromatic ring is 1. The predicted octanol–water partition coefficient (Wildman–Crippen LogP) is 1.47. The van der Waals surface area contributed by atoms with E-state index < -0.39 is 10.0 Å². The van der Waals surface area contributed by atoms with Crippen LogP contribution in [0.25, 0.3) is 0 Å². The third-order valence-electron chi connectivity index (χ3n) is 2.37. The Balaban J connectivity index is 3.22. The first-order valence-corrected chi connectivity index (χ1v) is 7.07. The molecule has 0 saturated carbocycles. The number of hydrogen-bond donors (Lipinski definition) is 1. The monoisotopic (exact) mass is 257 g/mol. The molecule has 1 aromatic rings. The topological polar surface area (TPSA) is 76.3 Å². The van der Waals surface area contributed by atoms with Crippen molar-refractivity contribution < 1.29 is 8.42 Å². The van der Waals surface area contributed by atoms with Gasteiger partial charge >= 0.3 is 0 Å². The Kier molecular flexibility index (Phi) is 4.47. The molecule has 0 amide bonds. The molecule has 17 heavy (non-hydrogen) atoms. The van der Waals surface area contributed by atoms with E-state index in [2.05, 4.69) is 4.98 Å². The van der Waals surface area contributed by atoms with E-state index in [-0.39, 0.29) is 16.8 Å². The molecule has 0 unspecified atom stereocenters. The number of nitrogens with two attached hydrogens (primary N) is 1. The van der Waals surface area contributed by atoms with Crippen molar-refractivity contribution in [2.45, 2.75) is 38.3 Å². The van der Waals surface area contributed by atoms with E-state index in [1.165, 1.54) is 10.5 Å². The standard InChI is InChI=1S/C11H19N3O2S/c1-4-8-14(9(2)3)17(15,16)11-10(12)6-5-7-13-11/h5-7,9H,4,8,12H2,1-3H3. The smallest absolute Gasteiger partial charge is 0.262 e. The molecule has 96 valence electrons. The number of nitrogens with zero attached hydrogens (tertiary/aromatic N) is 2. The van der Waals surface area contributed by atoms with E-state index in [4.69, 9.17) is 5.73 Å². The van der Waals surface area contributed by atoms with Gasteiger partial charge < -0.3 is 5.73 Å². The first kappa shape index (κ1) is 13.9. The van der Waals surface area contributed by atoms with E-state index >= 15 is 0 Å². The average molecular weight is 257 g/mol. The summed E-state index contributed by atoms with van der Waals surface area (Å²) in [6.07, 6.45) is 2.19. The molecular formula is C11H19N3O2S. The lowest BCUT2D eigenvalue weighted by Gasteiger charge is -2.25. The van der Waals surface area contributed by atoms with Crippen molar-refractivity contribution in [1.82, 2.24) is 9.29 Å². The highest BCUT2D eigenvalue weighted by molar-refractivity contribution is 7.89. The lowest BCUT2D eigenvalue weighted by molar-refractivity contribution is 0.353. The van der Waals surface area contributed by atoms with Gasteiger partial charge in [0.2, 0.25) is 0 Å². The van der Waals surface area contributed by atoms with Gasteiger partial charge in [-0.1, -0.05) is 6.92 Å². The molecule has 0 aromatic carbocycles. The zero-order chi connectivity index (χ0) is 13.1. The highest BCUT2D eigenvalue weighted by atomic mass is 32.2. The molecule has 1 aromatic heterocycles. The summed E-state index contributed by atoms with van der Waals surface area (Å²) >= 11 is 0. The highest BCUT2D eigenvalue weighted by Gasteiger charge is 2.29. The van der Waals surface area contributed by atoms with Gasteiger partial charge in [0.1, 0.15) is 0 Å². The number of aromatic nitrogens is 1. The molecule has 0 spiro atoms. The average Bonchev–Trinajstić information content (AvgIpc) is 2.25. The van der Waals surface area contributed by atoms with Crippen LogP contribution in [0.3, 0.4) is 0 Å². The second kappa shape index (κ2) is 5.46. The Morgan fingerprint density at radius 2 is 2.12 bits per heavy atom. The van der Waals surface area contributed by atoms with Gasteiger partial charge in [0.15, 0.2) is 5.03 Å². The summed E-state index contributed by atoms with van der Waals surface area (Å²) in [7, 11) is -3.60. The van der Waals surface area contributed by atoms with Crippen LogP contribution >= 0.6 is 0 Å². The van der Waals surface area contributed by atoms with Crippen LogP contribution in [0.4, 0.5) is 5.69 Å². The summed E-state index contributed by atoms with van der Waals surface area (Å²) < 4.78 is 26.2. The zero-order valence-electron chi connectivity index (χ0n) is 10.4. The lowest BCUT2D eigenvalue weighted by atomic mass is 10.4. The first-order valence-electron chi connectivity index (χ1n) is 5.63. The van der Waals surface area contributed by atoms with Gasteiger partial charge in [-0.05, 0) is 32.4 Å². The van der Waals surface area contributed by atoms with Crippen molar-refractivity contribution >= 4 is 15.7 Å². The first-order chi connectivity index (χ1) is 7.91. The van der Waals surface area contributed by atoms with Gasteiger partial charge in [-0.3, -0.25) is 0 Å². The zero-order valence-corrected chi connectivity index (χ0v) is 11.2. The van der Waals surface area contributed by atoms with Crippen molar-refractivity contribution in [3.05, 3.63) is 18.3 Å². The SMILES string of the molecule is CCCN(C(C)C)S(=O)(=O)c1ncccc1N. The minimum atomic E-state index is -3.60. The van der Waals surface area contributed by atoms with Crippen molar-refractivity contribution in [3.8, 4) is 0 Å². The van der Waals surface area contributed by atoms with E-state index in [0.717, 1.165) is 6.42 Å². The Morgan fingerprint density at radius 3 is 2.59 bits per heavy atom. The van der Waals surface area contributed by atoms with Crippen LogP contribution in [0.15, 0.2) is 23.4 Å². The van der Waals surface area contributed by atoms with Crippen molar-refractivity contribution in [3.63, 3.8) is 0 Å². The number of sulfonamides is 1. The van der Waals surface area contributed by atoms with Crippen LogP contribution in [0.2, 0.25) is 0 Å². The van der Waals surface area contributed by atoms with E-state index in [0.29, 0.717) is 6.54 Å². The quantitative estimate of drug-likeness (QED) is 0.866. The van der Waals surface area contributed by atoms with Crippen LogP contribution in [0.5, 0.6) is 0 Å². The maximum atomic E-state index is 12.4. The molecule has 0 atom stereocenters. The van der Waals surface area contributed by atoms with Gasteiger partial charge in [0.05, 0.1) is 5.69 Å². The molecule has 0 aliphatic heterocycles. The fraction of sp³-hybridized carbons (Fsp3) is 0.545. The molecule has 5 nitrogen and oxygen atoms in total. The molecule has 1 rings (SSSR count). The fourth-order valence-corrected chi connectivity index (χ4v) is 3.37. The summed E-state index contributed by atoms with van der Waals surface area (Å²) in [6, 6.07) is 3.06. The normalized spacial score (nSPS) is 12.3. The predicted molar refractivity (Wildman–Crippen MR) is 68.0 cm³/mol. The molecule has 6 heteroatoms. The molecule has 2 N–H and O–H groups in total. The van der Waals surface area contributed by atoms with Crippen LogP contribution < -0.4 is 5.73 Å². The van der Waals surface area contributed by atoms with E-state index in [9.17, 15) is 8.42 Å². The number of pyridine rings is 1. The van der Waals surface area contributed by atoms with E-state index in [1.807, 2.05) is 20.8 Å². The number of hydrogen-bond acceptors (Lipinski definition) is 4. The summed E-state index contributed by atoms with van der Waals surface area (Å²) in [5, 5.41) is -0.0536. The summed E-state index contributed by atoms with van der Waals surface area (Å²) in [4.78, 5) is 3.88. The lowest BCUT2D eigenvalue weighted by Crippen LogP contribution is -2.38. The highest BCUT2D eigenvalue weighted by Crippen LogP contribution is 2.21. The Hall–Kier alpha value is -1.14. The maximum absolute atomic E-state index is 12.4. The number of rotatable bonds is 5. The number of anilines is 1. The van der Waals surface area contributed by atoms with Crippen LogP contribution in [0.1, 0.15) is 27.2 Å². The second-order valence-electron chi connectivity index (χ2n) is 4.11. The van der Waals surface area contributed by atoms with Crippen molar-refractivity contribution in [1.29, 1.82) is 0 Å². The summed E-state index contributed by atoms with van der Waals surface area (Å²) in [5.74, 6) is 0. The Labute approximate surface area is 103 Å². The fourth-order valence-electron chi connectivity index (χ4n) is 1.61. The third-order valence-corrected chi connectivity index (χ3v) is 4.43. The Bertz CT molecular complexity index is 471. The van der Waals surface area contributed by atoms with Crippen LogP contribution in [-0.4, -0.2) is 30.3 Å². The molecule has 0 saturated heterocycles. The van der Waals surface area contributed by atoms with Crippen molar-refractivity contribution in [2.24, 2.45) is 0 Å². The molecule has 0 aliphatic rings. The van der Waals surface area contributed by atoms with Crippen molar-refractivity contribution in [2.75, 3.05) is 12.3 Å².